The highest BCUT2D eigenvalue weighted by Gasteiger charge is 2.76. The first kappa shape index (κ1) is 36.9. The first-order valence-corrected chi connectivity index (χ1v) is 20.6. The molecule has 6 aliphatic rings. The van der Waals surface area contributed by atoms with Crippen LogP contribution < -0.4 is 9.64 Å². The number of carbonyl (C=O) groups excluding carboxylic acids is 2. The van der Waals surface area contributed by atoms with Crippen LogP contribution in [0.2, 0.25) is 0 Å². The number of nitrogens with zero attached hydrogens (tertiary/aromatic N) is 3. The van der Waals surface area contributed by atoms with Gasteiger partial charge in [-0.2, -0.15) is 0 Å². The molecule has 10 nitrogen and oxygen atoms in total. The van der Waals surface area contributed by atoms with E-state index >= 15 is 4.79 Å². The summed E-state index contributed by atoms with van der Waals surface area (Å²) >= 11 is 0. The second-order valence-corrected chi connectivity index (χ2v) is 18.1. The van der Waals surface area contributed by atoms with E-state index in [1.807, 2.05) is 13.0 Å². The van der Waals surface area contributed by atoms with Crippen LogP contribution in [-0.4, -0.2) is 115 Å². The van der Waals surface area contributed by atoms with Crippen LogP contribution in [-0.2, 0) is 31.6 Å². The number of aliphatic hydroxyl groups excluding tert-OH is 1. The summed E-state index contributed by atoms with van der Waals surface area (Å²) in [4.78, 5) is 39.8. The third-order valence-corrected chi connectivity index (χ3v) is 15.8. The number of H-pyrrole nitrogens is 1. The van der Waals surface area contributed by atoms with Gasteiger partial charge in [-0.15, -0.1) is 0 Å². The van der Waals surface area contributed by atoms with Crippen molar-refractivity contribution in [2.75, 3.05) is 58.9 Å². The molecular weight excluding hydrogens is 693 g/mol. The number of aldehydes is 1. The molecule has 1 saturated carbocycles. The van der Waals surface area contributed by atoms with Crippen molar-refractivity contribution in [1.29, 1.82) is 0 Å². The number of esters is 1. The van der Waals surface area contributed by atoms with Crippen LogP contribution in [0.15, 0.2) is 48.6 Å². The van der Waals surface area contributed by atoms with Crippen molar-refractivity contribution in [2.45, 2.75) is 100 Å². The molecule has 3 aromatic rings. The standard InChI is InChI=1S/C45H58N4O6/c1-7-42(53)24-28-14-19-48(26-42)20-15-30-29-12-9-10-13-33(29)46-36(30)45(25-28,40(52)55-6)32-22-31-34(23-35(32)54-5)47(4)37-41(3,27-50)39(51)43(8-2)16-11-18-49-21-17-44(31,37)38(43)49/h9-13,16,22-23,27-28,37-39,46,51,53H,7-8,14-15,17-21,24-26H2,1-6H3/t28?,37-,38-,39-,41+,42-,43+,44-,45-/m0/s1. The quantitative estimate of drug-likeness (QED) is 0.180. The fraction of sp³-hybridized carbons (Fsp3) is 0.600. The Balaban J connectivity index is 1.36. The van der Waals surface area contributed by atoms with E-state index in [1.165, 1.54) is 7.11 Å². The van der Waals surface area contributed by atoms with Gasteiger partial charge in [0.05, 0.1) is 37.4 Å². The number of para-hydroxylation sites is 1. The van der Waals surface area contributed by atoms with Gasteiger partial charge in [-0.05, 0) is 94.1 Å². The van der Waals surface area contributed by atoms with Crippen LogP contribution in [0.1, 0.15) is 81.7 Å². The zero-order chi connectivity index (χ0) is 38.7. The van der Waals surface area contributed by atoms with E-state index in [1.54, 1.807) is 7.11 Å². The topological polar surface area (TPSA) is 119 Å². The number of aromatic nitrogens is 1. The van der Waals surface area contributed by atoms with E-state index in [9.17, 15) is 15.0 Å². The zero-order valence-electron chi connectivity index (χ0n) is 33.4. The predicted molar refractivity (Wildman–Crippen MR) is 213 cm³/mol. The number of nitrogens with one attached hydrogen (secondary N) is 1. The molecule has 1 aromatic heterocycles. The monoisotopic (exact) mass is 750 g/mol. The summed E-state index contributed by atoms with van der Waals surface area (Å²) in [5.41, 5.74) is 1.29. The predicted octanol–water partition coefficient (Wildman–Crippen LogP) is 5.11. The van der Waals surface area contributed by atoms with Crippen molar-refractivity contribution in [3.8, 4) is 5.75 Å². The minimum Gasteiger partial charge on any atom is -0.496 e. The van der Waals surface area contributed by atoms with Gasteiger partial charge < -0.3 is 39.3 Å². The maximum atomic E-state index is 15.3. The number of benzene rings is 2. The number of anilines is 1. The first-order valence-electron chi connectivity index (χ1n) is 20.6. The van der Waals surface area contributed by atoms with E-state index in [0.717, 1.165) is 84.3 Å². The van der Waals surface area contributed by atoms with Gasteiger partial charge >= 0.3 is 5.97 Å². The molecule has 3 fully saturated rings. The molecule has 0 amide bonds. The Bertz CT molecular complexity index is 2080. The molecule has 55 heavy (non-hydrogen) atoms. The highest BCUT2D eigenvalue weighted by molar-refractivity contribution is 5.94. The highest BCUT2D eigenvalue weighted by Crippen LogP contribution is 2.69. The summed E-state index contributed by atoms with van der Waals surface area (Å²) in [5, 5.41) is 25.7. The van der Waals surface area contributed by atoms with Gasteiger partial charge in [0.2, 0.25) is 0 Å². The lowest BCUT2D eigenvalue weighted by atomic mass is 9.45. The third-order valence-electron chi connectivity index (χ3n) is 15.8. The molecule has 2 saturated heterocycles. The van der Waals surface area contributed by atoms with Gasteiger partial charge in [0.15, 0.2) is 0 Å². The third kappa shape index (κ3) is 4.68. The molecule has 6 heterocycles. The largest absolute Gasteiger partial charge is 0.496 e. The van der Waals surface area contributed by atoms with Crippen molar-refractivity contribution < 1.29 is 29.3 Å². The Morgan fingerprint density at radius 2 is 1.85 bits per heavy atom. The Labute approximate surface area is 324 Å². The molecule has 9 rings (SSSR count). The summed E-state index contributed by atoms with van der Waals surface area (Å²) in [6.45, 7) is 9.99. The summed E-state index contributed by atoms with van der Waals surface area (Å²) < 4.78 is 12.4. The van der Waals surface area contributed by atoms with Crippen LogP contribution in [0.3, 0.4) is 0 Å². The van der Waals surface area contributed by atoms with Gasteiger partial charge in [-0.25, -0.2) is 0 Å². The van der Waals surface area contributed by atoms with Crippen molar-refractivity contribution >= 4 is 28.8 Å². The highest BCUT2D eigenvalue weighted by atomic mass is 16.5. The molecule has 2 bridgehead atoms. The lowest BCUT2D eigenvalue weighted by Gasteiger charge is -2.63. The first-order chi connectivity index (χ1) is 26.4. The Hall–Kier alpha value is -3.70. The van der Waals surface area contributed by atoms with Crippen LogP contribution in [0.5, 0.6) is 5.75 Å². The van der Waals surface area contributed by atoms with E-state index in [0.29, 0.717) is 44.4 Å². The van der Waals surface area contributed by atoms with Crippen LogP contribution in [0, 0.1) is 16.7 Å². The molecule has 0 radical (unpaired) electrons. The van der Waals surface area contributed by atoms with E-state index in [4.69, 9.17) is 9.47 Å². The minimum atomic E-state index is -1.31. The number of likely N-dealkylation sites (N-methyl/N-ethyl adjacent to an activating group) is 1. The van der Waals surface area contributed by atoms with Gasteiger partial charge in [0.25, 0.3) is 0 Å². The number of hydrogen-bond acceptors (Lipinski definition) is 9. The summed E-state index contributed by atoms with van der Waals surface area (Å²) in [5.74, 6) is 0.232. The number of ether oxygens (including phenoxy) is 2. The smallest absolute Gasteiger partial charge is 0.322 e. The van der Waals surface area contributed by atoms with Gasteiger partial charge in [0.1, 0.15) is 17.5 Å². The number of methoxy groups -OCH3 is 2. The summed E-state index contributed by atoms with van der Waals surface area (Å²) in [7, 11) is 5.22. The molecule has 2 aromatic carbocycles. The van der Waals surface area contributed by atoms with Gasteiger partial charge in [-0.1, -0.05) is 44.2 Å². The van der Waals surface area contributed by atoms with Crippen molar-refractivity contribution in [3.63, 3.8) is 0 Å². The lowest BCUT2D eigenvalue weighted by molar-refractivity contribution is -0.158. The fourth-order valence-electron chi connectivity index (χ4n) is 13.5. The minimum absolute atomic E-state index is 0.000615. The van der Waals surface area contributed by atoms with Crippen molar-refractivity contribution in [1.82, 2.24) is 14.8 Å². The molecule has 3 N–H and O–H groups in total. The average molecular weight is 751 g/mol. The molecular formula is C45H58N4O6. The maximum absolute atomic E-state index is 15.3. The molecule has 1 aliphatic carbocycles. The SMILES string of the molecule is CC[C@]1(O)CC2CCN(CCc3c([nH]c4ccccc34)[C@@](C(=O)OC)(c3cc4c(cc3OC)N(C)[C@H]3[C@@](C)(C=O)[C@H](O)[C@]5(CC)C=CCN6CC[C@]43[C@@H]65)C2)C1. The molecule has 5 aliphatic heterocycles. The Morgan fingerprint density at radius 3 is 2.58 bits per heavy atom. The van der Waals surface area contributed by atoms with E-state index < -0.39 is 33.4 Å². The van der Waals surface area contributed by atoms with Crippen LogP contribution in [0.25, 0.3) is 10.9 Å². The molecule has 10 heteroatoms. The second kappa shape index (κ2) is 12.7. The molecule has 1 spiro atoms. The van der Waals surface area contributed by atoms with Crippen molar-refractivity contribution in [3.05, 3.63) is 70.9 Å². The Morgan fingerprint density at radius 1 is 1.05 bits per heavy atom. The normalized spacial score (nSPS) is 39.2. The number of fused-ring (bicyclic) bond motifs is 7. The number of hydrogen-bond donors (Lipinski definition) is 3. The second-order valence-electron chi connectivity index (χ2n) is 18.1. The van der Waals surface area contributed by atoms with Crippen LogP contribution in [0.4, 0.5) is 5.69 Å². The lowest BCUT2D eigenvalue weighted by Crippen LogP contribution is -2.75. The Kier molecular flexibility index (Phi) is 8.49. The maximum Gasteiger partial charge on any atom is 0.322 e. The fourth-order valence-corrected chi connectivity index (χ4v) is 13.5. The number of aromatic amines is 1. The number of carbonyl (C=O) groups is 2. The number of rotatable bonds is 6. The zero-order valence-corrected chi connectivity index (χ0v) is 33.4. The van der Waals surface area contributed by atoms with Crippen LogP contribution >= 0.6 is 0 Å². The summed E-state index contributed by atoms with van der Waals surface area (Å²) in [6, 6.07) is 12.3. The molecule has 2 unspecified atom stereocenters. The van der Waals surface area contributed by atoms with E-state index in [2.05, 4.69) is 83.1 Å². The van der Waals surface area contributed by atoms with Gasteiger partial charge in [0, 0.05) is 77.5 Å². The number of aliphatic hydroxyl groups is 2. The van der Waals surface area contributed by atoms with Gasteiger partial charge in [-0.3, -0.25) is 9.69 Å². The molecule has 10 atom stereocenters. The average Bonchev–Trinajstić information content (AvgIpc) is 3.81. The van der Waals surface area contributed by atoms with Crippen molar-refractivity contribution in [2.24, 2.45) is 16.7 Å². The van der Waals surface area contributed by atoms with E-state index in [-0.39, 0.29) is 24.0 Å². The molecule has 294 valence electrons. The summed E-state index contributed by atoms with van der Waals surface area (Å²) in [6.07, 6.45) is 9.21.